The van der Waals surface area contributed by atoms with E-state index in [4.69, 9.17) is 0 Å². The van der Waals surface area contributed by atoms with Gasteiger partial charge < -0.3 is 10.2 Å². The second kappa shape index (κ2) is 6.87. The fourth-order valence-electron chi connectivity index (χ4n) is 2.64. The van der Waals surface area contributed by atoms with E-state index >= 15 is 0 Å². The maximum Gasteiger partial charge on any atom is 0.260 e. The Morgan fingerprint density at radius 2 is 2.10 bits per heavy atom. The van der Waals surface area contributed by atoms with Gasteiger partial charge in [0.1, 0.15) is 0 Å². The Morgan fingerprint density at radius 3 is 2.67 bits per heavy atom. The number of aromatic amines is 1. The Balaban J connectivity index is 2.10. The minimum absolute atomic E-state index is 0.228. The summed E-state index contributed by atoms with van der Waals surface area (Å²) < 4.78 is 27.0. The average Bonchev–Trinajstić information content (AvgIpc) is 2.94. The van der Waals surface area contributed by atoms with Crippen LogP contribution in [0.1, 0.15) is 25.3 Å². The van der Waals surface area contributed by atoms with Gasteiger partial charge in [0.05, 0.1) is 6.20 Å². The summed E-state index contributed by atoms with van der Waals surface area (Å²) in [7, 11) is 0.608. The van der Waals surface area contributed by atoms with E-state index in [1.165, 1.54) is 0 Å². The standard InChI is InChI=1S/C13H25N5O2S/c1-4-14-9-11-10-15-16-13(11)21(19,20)18-7-5-12(6-8-18)17(2)3/h10,12,14H,4-9H2,1-3H3,(H,15,16). The number of nitrogens with one attached hydrogen (secondary N) is 2. The van der Waals surface area contributed by atoms with Crippen LogP contribution in [0, 0.1) is 0 Å². The third-order valence-electron chi connectivity index (χ3n) is 4.00. The van der Waals surface area contributed by atoms with Crippen LogP contribution in [0.4, 0.5) is 0 Å². The third kappa shape index (κ3) is 3.63. The van der Waals surface area contributed by atoms with Gasteiger partial charge in [-0.1, -0.05) is 6.92 Å². The second-order valence-corrected chi connectivity index (χ2v) is 7.48. The smallest absolute Gasteiger partial charge is 0.260 e. The average molecular weight is 315 g/mol. The van der Waals surface area contributed by atoms with Crippen molar-refractivity contribution < 1.29 is 8.42 Å². The van der Waals surface area contributed by atoms with Crippen molar-refractivity contribution in [2.45, 2.75) is 37.4 Å². The van der Waals surface area contributed by atoms with Crippen molar-refractivity contribution in [1.82, 2.24) is 24.7 Å². The van der Waals surface area contributed by atoms with Gasteiger partial charge in [-0.2, -0.15) is 9.40 Å². The number of sulfonamides is 1. The predicted molar refractivity (Wildman–Crippen MR) is 81.4 cm³/mol. The molecule has 7 nitrogen and oxygen atoms in total. The summed E-state index contributed by atoms with van der Waals surface area (Å²) in [4.78, 5) is 2.16. The largest absolute Gasteiger partial charge is 0.313 e. The van der Waals surface area contributed by atoms with Gasteiger partial charge in [0.25, 0.3) is 10.0 Å². The van der Waals surface area contributed by atoms with Crippen molar-refractivity contribution in [2.24, 2.45) is 0 Å². The molecule has 0 amide bonds. The molecule has 21 heavy (non-hydrogen) atoms. The van der Waals surface area contributed by atoms with Crippen LogP contribution in [0.3, 0.4) is 0 Å². The lowest BCUT2D eigenvalue weighted by atomic mass is 10.1. The summed E-state index contributed by atoms with van der Waals surface area (Å²) in [6, 6.07) is 0.458. The van der Waals surface area contributed by atoms with Gasteiger partial charge in [-0.15, -0.1) is 0 Å². The molecule has 8 heteroatoms. The van der Waals surface area contributed by atoms with Crippen molar-refractivity contribution in [3.05, 3.63) is 11.8 Å². The highest BCUT2D eigenvalue weighted by molar-refractivity contribution is 7.89. The van der Waals surface area contributed by atoms with Crippen LogP contribution in [-0.4, -0.2) is 67.6 Å². The molecule has 1 fully saturated rings. The lowest BCUT2D eigenvalue weighted by Gasteiger charge is -2.34. The SMILES string of the molecule is CCNCc1cn[nH]c1S(=O)(=O)N1CCC(N(C)C)CC1. The zero-order valence-corrected chi connectivity index (χ0v) is 13.8. The van der Waals surface area contributed by atoms with Crippen LogP contribution in [-0.2, 0) is 16.6 Å². The molecular weight excluding hydrogens is 290 g/mol. The van der Waals surface area contributed by atoms with Crippen molar-refractivity contribution in [2.75, 3.05) is 33.7 Å². The number of hydrogen-bond acceptors (Lipinski definition) is 5. The van der Waals surface area contributed by atoms with Gasteiger partial charge in [-0.3, -0.25) is 5.10 Å². The van der Waals surface area contributed by atoms with E-state index in [1.54, 1.807) is 10.5 Å². The van der Waals surface area contributed by atoms with Gasteiger partial charge >= 0.3 is 0 Å². The Kier molecular flexibility index (Phi) is 5.37. The molecule has 2 heterocycles. The van der Waals surface area contributed by atoms with Gasteiger partial charge in [-0.25, -0.2) is 8.42 Å². The second-order valence-electron chi connectivity index (χ2n) is 5.60. The molecule has 1 aliphatic heterocycles. The van der Waals surface area contributed by atoms with E-state index in [0.29, 0.717) is 31.2 Å². The summed E-state index contributed by atoms with van der Waals surface area (Å²) in [5.41, 5.74) is 0.701. The first-order valence-electron chi connectivity index (χ1n) is 7.36. The maximum atomic E-state index is 12.7. The van der Waals surface area contributed by atoms with E-state index in [-0.39, 0.29) is 5.03 Å². The molecule has 0 saturated carbocycles. The first-order valence-corrected chi connectivity index (χ1v) is 8.80. The van der Waals surface area contributed by atoms with Crippen LogP contribution >= 0.6 is 0 Å². The minimum Gasteiger partial charge on any atom is -0.313 e. The molecule has 0 radical (unpaired) electrons. The monoisotopic (exact) mass is 315 g/mol. The summed E-state index contributed by atoms with van der Waals surface area (Å²) in [6.45, 7) is 4.41. The van der Waals surface area contributed by atoms with Crippen molar-refractivity contribution in [3.63, 3.8) is 0 Å². The number of nitrogens with zero attached hydrogens (tertiary/aromatic N) is 3. The number of piperidine rings is 1. The van der Waals surface area contributed by atoms with E-state index in [0.717, 1.165) is 19.4 Å². The molecule has 120 valence electrons. The van der Waals surface area contributed by atoms with Crippen LogP contribution in [0.15, 0.2) is 11.2 Å². The third-order valence-corrected chi connectivity index (χ3v) is 5.91. The van der Waals surface area contributed by atoms with Crippen LogP contribution < -0.4 is 5.32 Å². The molecule has 0 bridgehead atoms. The molecule has 1 aromatic heterocycles. The molecule has 0 aliphatic carbocycles. The van der Waals surface area contributed by atoms with Crippen LogP contribution in [0.5, 0.6) is 0 Å². The summed E-state index contributed by atoms with van der Waals surface area (Å²) >= 11 is 0. The highest BCUT2D eigenvalue weighted by atomic mass is 32.2. The lowest BCUT2D eigenvalue weighted by molar-refractivity contribution is 0.196. The number of rotatable bonds is 6. The number of aromatic nitrogens is 2. The maximum absolute atomic E-state index is 12.7. The van der Waals surface area contributed by atoms with Gasteiger partial charge in [0.15, 0.2) is 5.03 Å². The molecule has 2 N–H and O–H groups in total. The summed E-state index contributed by atoms with van der Waals surface area (Å²) in [5.74, 6) is 0. The van der Waals surface area contributed by atoms with Gasteiger partial charge in [0, 0.05) is 31.2 Å². The molecule has 1 aromatic rings. The Labute approximate surface area is 126 Å². The number of H-pyrrole nitrogens is 1. The summed E-state index contributed by atoms with van der Waals surface area (Å²) in [5, 5.41) is 9.92. The highest BCUT2D eigenvalue weighted by Gasteiger charge is 2.32. The minimum atomic E-state index is -3.47. The fourth-order valence-corrected chi connectivity index (χ4v) is 4.21. The molecular formula is C13H25N5O2S. The Bertz CT molecular complexity index is 547. The summed E-state index contributed by atoms with van der Waals surface area (Å²) in [6.07, 6.45) is 3.31. The van der Waals surface area contributed by atoms with Crippen molar-refractivity contribution >= 4 is 10.0 Å². The van der Waals surface area contributed by atoms with E-state index in [9.17, 15) is 8.42 Å². The fraction of sp³-hybridized carbons (Fsp3) is 0.769. The molecule has 2 rings (SSSR count). The lowest BCUT2D eigenvalue weighted by Crippen LogP contribution is -2.44. The highest BCUT2D eigenvalue weighted by Crippen LogP contribution is 2.23. The topological polar surface area (TPSA) is 81.3 Å². The Hall–Kier alpha value is -0.960. The normalized spacial score (nSPS) is 18.5. The predicted octanol–water partition coefficient (Wildman–Crippen LogP) is 0.234. The number of hydrogen-bond donors (Lipinski definition) is 2. The Morgan fingerprint density at radius 1 is 1.43 bits per heavy atom. The van der Waals surface area contributed by atoms with Crippen LogP contribution in [0.2, 0.25) is 0 Å². The van der Waals surface area contributed by atoms with E-state index in [1.807, 2.05) is 21.0 Å². The molecule has 0 aromatic carbocycles. The molecule has 0 unspecified atom stereocenters. The van der Waals surface area contributed by atoms with Gasteiger partial charge in [-0.05, 0) is 33.5 Å². The zero-order valence-electron chi connectivity index (χ0n) is 13.0. The molecule has 1 saturated heterocycles. The molecule has 0 atom stereocenters. The van der Waals surface area contributed by atoms with Crippen molar-refractivity contribution in [1.29, 1.82) is 0 Å². The van der Waals surface area contributed by atoms with Gasteiger partial charge in [0.2, 0.25) is 0 Å². The quantitative estimate of drug-likeness (QED) is 0.785. The first-order chi connectivity index (χ1) is 9.96. The van der Waals surface area contributed by atoms with Crippen molar-refractivity contribution in [3.8, 4) is 0 Å². The molecule has 1 aliphatic rings. The first kappa shape index (κ1) is 16.4. The molecule has 0 spiro atoms. The van der Waals surface area contributed by atoms with Crippen LogP contribution in [0.25, 0.3) is 0 Å². The zero-order chi connectivity index (χ0) is 15.5. The van der Waals surface area contributed by atoms with E-state index in [2.05, 4.69) is 20.4 Å². The van der Waals surface area contributed by atoms with E-state index < -0.39 is 10.0 Å².